The number of nitrogens with two attached hydrogens (primary N) is 2. The second-order valence-corrected chi connectivity index (χ2v) is 6.77. The van der Waals surface area contributed by atoms with Gasteiger partial charge < -0.3 is 26.3 Å². The Bertz CT molecular complexity index is 817. The normalized spacial score (nSPS) is 10.8. The SMILES string of the molecule is CCCCCOc1c(OC)ccc(C=CC(=O)NCCc2ccc(N)cc2)c1N. The summed E-state index contributed by atoms with van der Waals surface area (Å²) in [4.78, 5) is 12.1. The molecule has 2 aromatic rings. The summed E-state index contributed by atoms with van der Waals surface area (Å²) in [5.74, 6) is 0.930. The lowest BCUT2D eigenvalue weighted by atomic mass is 10.1. The van der Waals surface area contributed by atoms with Crippen LogP contribution in [0.15, 0.2) is 42.5 Å². The molecule has 156 valence electrons. The molecule has 0 saturated carbocycles. The van der Waals surface area contributed by atoms with Crippen molar-refractivity contribution in [3.63, 3.8) is 0 Å². The number of benzene rings is 2. The molecule has 6 heteroatoms. The zero-order chi connectivity index (χ0) is 21.1. The summed E-state index contributed by atoms with van der Waals surface area (Å²) < 4.78 is 11.2. The van der Waals surface area contributed by atoms with E-state index in [9.17, 15) is 4.79 Å². The summed E-state index contributed by atoms with van der Waals surface area (Å²) in [6.45, 7) is 3.26. The summed E-state index contributed by atoms with van der Waals surface area (Å²) in [5.41, 5.74) is 14.9. The van der Waals surface area contributed by atoms with E-state index in [2.05, 4.69) is 12.2 Å². The van der Waals surface area contributed by atoms with Gasteiger partial charge in [-0.05, 0) is 48.7 Å². The smallest absolute Gasteiger partial charge is 0.244 e. The van der Waals surface area contributed by atoms with Crippen molar-refractivity contribution in [2.75, 3.05) is 31.7 Å². The third-order valence-corrected chi connectivity index (χ3v) is 4.51. The van der Waals surface area contributed by atoms with Gasteiger partial charge in [-0.25, -0.2) is 0 Å². The Hall–Kier alpha value is -3.15. The average molecular weight is 398 g/mol. The molecule has 0 spiro atoms. The third-order valence-electron chi connectivity index (χ3n) is 4.51. The van der Waals surface area contributed by atoms with Gasteiger partial charge in [-0.15, -0.1) is 0 Å². The van der Waals surface area contributed by atoms with E-state index in [1.54, 1.807) is 19.3 Å². The molecular formula is C23H31N3O3. The van der Waals surface area contributed by atoms with Crippen LogP contribution >= 0.6 is 0 Å². The van der Waals surface area contributed by atoms with E-state index in [1.165, 1.54) is 6.08 Å². The fourth-order valence-corrected chi connectivity index (χ4v) is 2.81. The molecule has 0 aliphatic carbocycles. The molecule has 0 fully saturated rings. The number of ether oxygens (including phenoxy) is 2. The Morgan fingerprint density at radius 2 is 1.86 bits per heavy atom. The van der Waals surface area contributed by atoms with Crippen molar-refractivity contribution < 1.29 is 14.3 Å². The number of hydrogen-bond acceptors (Lipinski definition) is 5. The quantitative estimate of drug-likeness (QED) is 0.304. The zero-order valence-corrected chi connectivity index (χ0v) is 17.2. The minimum Gasteiger partial charge on any atom is -0.493 e. The van der Waals surface area contributed by atoms with Crippen molar-refractivity contribution in [1.29, 1.82) is 0 Å². The first-order chi connectivity index (χ1) is 14.0. The first-order valence-corrected chi connectivity index (χ1v) is 9.94. The molecular weight excluding hydrogens is 366 g/mol. The summed E-state index contributed by atoms with van der Waals surface area (Å²) in [6.07, 6.45) is 7.06. The first-order valence-electron chi connectivity index (χ1n) is 9.94. The molecule has 0 saturated heterocycles. The van der Waals surface area contributed by atoms with E-state index in [1.807, 2.05) is 30.3 Å². The maximum absolute atomic E-state index is 12.1. The molecule has 0 aliphatic rings. The van der Waals surface area contributed by atoms with E-state index in [0.717, 1.165) is 36.9 Å². The van der Waals surface area contributed by atoms with Crippen LogP contribution in [0.2, 0.25) is 0 Å². The van der Waals surface area contributed by atoms with E-state index >= 15 is 0 Å². The fourth-order valence-electron chi connectivity index (χ4n) is 2.81. The van der Waals surface area contributed by atoms with Gasteiger partial charge in [0.05, 0.1) is 19.4 Å². The molecule has 0 aromatic heterocycles. The van der Waals surface area contributed by atoms with Gasteiger partial charge in [-0.2, -0.15) is 0 Å². The maximum Gasteiger partial charge on any atom is 0.244 e. The Balaban J connectivity index is 1.93. The molecule has 6 nitrogen and oxygen atoms in total. The average Bonchev–Trinajstić information content (AvgIpc) is 2.72. The number of methoxy groups -OCH3 is 1. The number of carbonyl (C=O) groups excluding carboxylic acids is 1. The number of nitrogens with one attached hydrogen (secondary N) is 1. The topological polar surface area (TPSA) is 99.6 Å². The van der Waals surface area contributed by atoms with Crippen LogP contribution in [-0.2, 0) is 11.2 Å². The minimum atomic E-state index is -0.180. The van der Waals surface area contributed by atoms with Crippen molar-refractivity contribution >= 4 is 23.4 Å². The lowest BCUT2D eigenvalue weighted by Crippen LogP contribution is -2.23. The maximum atomic E-state index is 12.1. The molecule has 29 heavy (non-hydrogen) atoms. The second kappa shape index (κ2) is 11.6. The molecule has 0 bridgehead atoms. The molecule has 0 radical (unpaired) electrons. The number of carbonyl (C=O) groups is 1. The van der Waals surface area contributed by atoms with E-state index < -0.39 is 0 Å². The Morgan fingerprint density at radius 3 is 2.55 bits per heavy atom. The van der Waals surface area contributed by atoms with E-state index in [0.29, 0.717) is 35.9 Å². The Kier molecular flexibility index (Phi) is 8.89. The summed E-state index contributed by atoms with van der Waals surface area (Å²) >= 11 is 0. The minimum absolute atomic E-state index is 0.180. The molecule has 0 atom stereocenters. The van der Waals surface area contributed by atoms with Crippen LogP contribution in [-0.4, -0.2) is 26.2 Å². The van der Waals surface area contributed by atoms with Crippen molar-refractivity contribution in [1.82, 2.24) is 5.32 Å². The zero-order valence-electron chi connectivity index (χ0n) is 17.2. The van der Waals surface area contributed by atoms with Crippen LogP contribution in [0.3, 0.4) is 0 Å². The van der Waals surface area contributed by atoms with Gasteiger partial charge in [-0.3, -0.25) is 4.79 Å². The van der Waals surface area contributed by atoms with Crippen LogP contribution in [0.5, 0.6) is 11.5 Å². The highest BCUT2D eigenvalue weighted by atomic mass is 16.5. The highest BCUT2D eigenvalue weighted by molar-refractivity contribution is 5.93. The van der Waals surface area contributed by atoms with Gasteiger partial charge in [-0.1, -0.05) is 31.9 Å². The number of anilines is 2. The third kappa shape index (κ3) is 7.07. The molecule has 0 unspecified atom stereocenters. The van der Waals surface area contributed by atoms with Crippen LogP contribution in [0, 0.1) is 0 Å². The van der Waals surface area contributed by atoms with Gasteiger partial charge in [0.2, 0.25) is 5.91 Å². The van der Waals surface area contributed by atoms with E-state index in [4.69, 9.17) is 20.9 Å². The van der Waals surface area contributed by atoms with Crippen molar-refractivity contribution in [2.45, 2.75) is 32.6 Å². The largest absolute Gasteiger partial charge is 0.493 e. The summed E-state index contributed by atoms with van der Waals surface area (Å²) in [5, 5.41) is 2.87. The van der Waals surface area contributed by atoms with Gasteiger partial charge in [0.25, 0.3) is 0 Å². The summed E-state index contributed by atoms with van der Waals surface area (Å²) in [7, 11) is 1.58. The fraction of sp³-hybridized carbons (Fsp3) is 0.348. The molecule has 0 aliphatic heterocycles. The van der Waals surface area contributed by atoms with Gasteiger partial charge in [0.15, 0.2) is 11.5 Å². The standard InChI is InChI=1S/C23H31N3O3/c1-3-4-5-16-29-23-20(28-2)12-8-18(22(23)25)9-13-21(27)26-15-14-17-6-10-19(24)11-7-17/h6-13H,3-5,14-16,24-25H2,1-2H3,(H,26,27). The van der Waals surface area contributed by atoms with Gasteiger partial charge in [0.1, 0.15) is 0 Å². The number of unbranched alkanes of at least 4 members (excludes halogenated alkanes) is 2. The Morgan fingerprint density at radius 1 is 1.10 bits per heavy atom. The summed E-state index contributed by atoms with van der Waals surface area (Å²) in [6, 6.07) is 11.2. The Labute approximate surface area is 172 Å². The first kappa shape index (κ1) is 22.1. The van der Waals surface area contributed by atoms with Crippen molar-refractivity contribution in [2.24, 2.45) is 0 Å². The molecule has 2 rings (SSSR count). The lowest BCUT2D eigenvalue weighted by molar-refractivity contribution is -0.116. The van der Waals surface area contributed by atoms with Gasteiger partial charge >= 0.3 is 0 Å². The predicted molar refractivity (Wildman–Crippen MR) is 119 cm³/mol. The monoisotopic (exact) mass is 397 g/mol. The van der Waals surface area contributed by atoms with Crippen LogP contribution in [0.1, 0.15) is 37.3 Å². The number of nitrogen functional groups attached to an aromatic ring is 2. The number of rotatable bonds is 11. The number of hydrogen-bond donors (Lipinski definition) is 3. The molecule has 1 amide bonds. The van der Waals surface area contributed by atoms with Crippen LogP contribution in [0.25, 0.3) is 6.08 Å². The molecule has 0 heterocycles. The highest BCUT2D eigenvalue weighted by Crippen LogP contribution is 2.36. The second-order valence-electron chi connectivity index (χ2n) is 6.77. The van der Waals surface area contributed by atoms with Crippen molar-refractivity contribution in [3.8, 4) is 11.5 Å². The molecule has 5 N–H and O–H groups in total. The van der Waals surface area contributed by atoms with E-state index in [-0.39, 0.29) is 5.91 Å². The van der Waals surface area contributed by atoms with Crippen LogP contribution < -0.4 is 26.3 Å². The van der Waals surface area contributed by atoms with Crippen molar-refractivity contribution in [3.05, 3.63) is 53.6 Å². The highest BCUT2D eigenvalue weighted by Gasteiger charge is 2.12. The predicted octanol–water partition coefficient (Wildman–Crippen LogP) is 3.80. The lowest BCUT2D eigenvalue weighted by Gasteiger charge is -2.14. The number of amides is 1. The van der Waals surface area contributed by atoms with Crippen LogP contribution in [0.4, 0.5) is 11.4 Å². The van der Waals surface area contributed by atoms with Gasteiger partial charge in [0, 0.05) is 23.9 Å². The molecule has 2 aromatic carbocycles.